The van der Waals surface area contributed by atoms with Gasteiger partial charge < -0.3 is 5.32 Å². The Kier molecular flexibility index (Phi) is 4.98. The molecule has 2 amide bonds. The van der Waals surface area contributed by atoms with Gasteiger partial charge in [-0.2, -0.15) is 5.10 Å². The Balaban J connectivity index is 1.91. The summed E-state index contributed by atoms with van der Waals surface area (Å²) in [4.78, 5) is 11.6. The van der Waals surface area contributed by atoms with Crippen LogP contribution < -0.4 is 10.7 Å². The highest BCUT2D eigenvalue weighted by atomic mass is 35.5. The maximum Gasteiger partial charge on any atom is 0.339 e. The zero-order valence-electron chi connectivity index (χ0n) is 10.3. The Labute approximate surface area is 126 Å². The van der Waals surface area contributed by atoms with Crippen LogP contribution in [0.15, 0.2) is 53.6 Å². The molecule has 0 aromatic heterocycles. The molecule has 0 bridgehead atoms. The van der Waals surface area contributed by atoms with Crippen LogP contribution in [0.3, 0.4) is 0 Å². The van der Waals surface area contributed by atoms with Crippen LogP contribution in [0.5, 0.6) is 0 Å². The summed E-state index contributed by atoms with van der Waals surface area (Å²) < 4.78 is 0. The standard InChI is InChI=1S/C14H11Cl2N3O/c15-11-5-3-6-12(8-11)18-14(20)19-17-9-10-4-1-2-7-13(10)16/h1-9H,(H2,18,19,20)/b17-9-. The van der Waals surface area contributed by atoms with Crippen molar-refractivity contribution in [2.24, 2.45) is 5.10 Å². The zero-order valence-corrected chi connectivity index (χ0v) is 11.8. The molecule has 0 radical (unpaired) electrons. The van der Waals surface area contributed by atoms with Gasteiger partial charge in [0.25, 0.3) is 0 Å². The number of carbonyl (C=O) groups excluding carboxylic acids is 1. The van der Waals surface area contributed by atoms with Crippen LogP contribution in [0.25, 0.3) is 0 Å². The van der Waals surface area contributed by atoms with Crippen LogP contribution in [0, 0.1) is 0 Å². The smallest absolute Gasteiger partial charge is 0.306 e. The Bertz CT molecular complexity index is 644. The van der Waals surface area contributed by atoms with Gasteiger partial charge in [0.2, 0.25) is 0 Å². The van der Waals surface area contributed by atoms with E-state index in [1.54, 1.807) is 36.4 Å². The number of nitrogens with zero attached hydrogens (tertiary/aromatic N) is 1. The molecule has 0 saturated carbocycles. The number of rotatable bonds is 3. The van der Waals surface area contributed by atoms with Crippen molar-refractivity contribution in [3.63, 3.8) is 0 Å². The maximum atomic E-state index is 11.6. The van der Waals surface area contributed by atoms with Gasteiger partial charge in [0.05, 0.1) is 6.21 Å². The number of hydrogen-bond acceptors (Lipinski definition) is 2. The third kappa shape index (κ3) is 4.26. The van der Waals surface area contributed by atoms with Crippen LogP contribution in [0.4, 0.5) is 10.5 Å². The van der Waals surface area contributed by atoms with Crippen molar-refractivity contribution in [2.75, 3.05) is 5.32 Å². The van der Waals surface area contributed by atoms with Gasteiger partial charge in [0.15, 0.2) is 0 Å². The van der Waals surface area contributed by atoms with E-state index in [-0.39, 0.29) is 0 Å². The van der Waals surface area contributed by atoms with E-state index in [1.807, 2.05) is 12.1 Å². The number of hydrazone groups is 1. The van der Waals surface area contributed by atoms with Crippen LogP contribution in [-0.4, -0.2) is 12.2 Å². The molecule has 0 aliphatic heterocycles. The second-order valence-electron chi connectivity index (χ2n) is 3.86. The minimum absolute atomic E-state index is 0.462. The molecule has 102 valence electrons. The van der Waals surface area contributed by atoms with E-state index in [9.17, 15) is 4.79 Å². The molecule has 6 heteroatoms. The van der Waals surface area contributed by atoms with E-state index in [4.69, 9.17) is 23.2 Å². The van der Waals surface area contributed by atoms with Gasteiger partial charge >= 0.3 is 6.03 Å². The van der Waals surface area contributed by atoms with Crippen LogP contribution in [-0.2, 0) is 0 Å². The normalized spacial score (nSPS) is 10.5. The summed E-state index contributed by atoms with van der Waals surface area (Å²) in [7, 11) is 0. The lowest BCUT2D eigenvalue weighted by molar-refractivity contribution is 0.252. The fourth-order valence-corrected chi connectivity index (χ4v) is 1.84. The van der Waals surface area contributed by atoms with E-state index in [0.29, 0.717) is 15.7 Å². The van der Waals surface area contributed by atoms with Crippen LogP contribution in [0.2, 0.25) is 10.0 Å². The quantitative estimate of drug-likeness (QED) is 0.649. The Morgan fingerprint density at radius 1 is 1.10 bits per heavy atom. The maximum absolute atomic E-state index is 11.6. The molecule has 0 fully saturated rings. The first kappa shape index (κ1) is 14.4. The molecule has 0 aliphatic carbocycles. The first-order valence-electron chi connectivity index (χ1n) is 5.75. The van der Waals surface area contributed by atoms with E-state index in [2.05, 4.69) is 15.8 Å². The first-order chi connectivity index (χ1) is 9.65. The SMILES string of the molecule is O=C(N/N=C\c1ccccc1Cl)Nc1cccc(Cl)c1. The summed E-state index contributed by atoms with van der Waals surface area (Å²) in [6, 6.07) is 13.6. The molecule has 0 atom stereocenters. The largest absolute Gasteiger partial charge is 0.339 e. The molecule has 0 saturated heterocycles. The number of nitrogens with one attached hydrogen (secondary N) is 2. The van der Waals surface area contributed by atoms with Crippen molar-refractivity contribution >= 4 is 41.1 Å². The molecule has 2 aromatic rings. The van der Waals surface area contributed by atoms with E-state index in [1.165, 1.54) is 6.21 Å². The average Bonchev–Trinajstić information content (AvgIpc) is 2.41. The van der Waals surface area contributed by atoms with Crippen molar-refractivity contribution in [1.82, 2.24) is 5.43 Å². The lowest BCUT2D eigenvalue weighted by atomic mass is 10.2. The third-order valence-electron chi connectivity index (χ3n) is 2.36. The second kappa shape index (κ2) is 6.93. The molecule has 2 N–H and O–H groups in total. The minimum Gasteiger partial charge on any atom is -0.306 e. The summed E-state index contributed by atoms with van der Waals surface area (Å²) in [5.74, 6) is 0. The van der Waals surface area contributed by atoms with Crippen molar-refractivity contribution in [1.29, 1.82) is 0 Å². The number of benzene rings is 2. The number of urea groups is 1. The Morgan fingerprint density at radius 3 is 2.65 bits per heavy atom. The van der Waals surface area contributed by atoms with Gasteiger partial charge in [-0.3, -0.25) is 0 Å². The van der Waals surface area contributed by atoms with Crippen LogP contribution in [0.1, 0.15) is 5.56 Å². The molecular formula is C14H11Cl2N3O. The Morgan fingerprint density at radius 2 is 1.90 bits per heavy atom. The van der Waals surface area contributed by atoms with Gasteiger partial charge in [0.1, 0.15) is 0 Å². The lowest BCUT2D eigenvalue weighted by Gasteiger charge is -2.04. The van der Waals surface area contributed by atoms with Gasteiger partial charge in [-0.1, -0.05) is 47.5 Å². The van der Waals surface area contributed by atoms with Gasteiger partial charge in [-0.15, -0.1) is 0 Å². The molecule has 0 unspecified atom stereocenters. The monoisotopic (exact) mass is 307 g/mol. The summed E-state index contributed by atoms with van der Waals surface area (Å²) in [5, 5.41) is 7.53. The molecule has 2 aromatic carbocycles. The van der Waals surface area contributed by atoms with Crippen LogP contribution >= 0.6 is 23.2 Å². The lowest BCUT2D eigenvalue weighted by Crippen LogP contribution is -2.24. The number of carbonyl (C=O) groups is 1. The summed E-state index contributed by atoms with van der Waals surface area (Å²) >= 11 is 11.8. The van der Waals surface area contributed by atoms with E-state index < -0.39 is 6.03 Å². The van der Waals surface area contributed by atoms with Crippen molar-refractivity contribution in [3.05, 3.63) is 64.1 Å². The minimum atomic E-state index is -0.462. The molecule has 0 aliphatic rings. The number of halogens is 2. The number of amides is 2. The summed E-state index contributed by atoms with van der Waals surface area (Å²) in [6.45, 7) is 0. The highest BCUT2D eigenvalue weighted by Gasteiger charge is 2.00. The number of hydrogen-bond donors (Lipinski definition) is 2. The molecule has 0 spiro atoms. The van der Waals surface area contributed by atoms with Crippen molar-refractivity contribution < 1.29 is 4.79 Å². The topological polar surface area (TPSA) is 53.5 Å². The molecule has 4 nitrogen and oxygen atoms in total. The second-order valence-corrected chi connectivity index (χ2v) is 4.70. The highest BCUT2D eigenvalue weighted by molar-refractivity contribution is 6.33. The van der Waals surface area contributed by atoms with Gasteiger partial charge in [0, 0.05) is 21.3 Å². The highest BCUT2D eigenvalue weighted by Crippen LogP contribution is 2.14. The molecular weight excluding hydrogens is 297 g/mol. The number of anilines is 1. The van der Waals surface area contributed by atoms with Crippen molar-refractivity contribution in [2.45, 2.75) is 0 Å². The molecule has 0 heterocycles. The third-order valence-corrected chi connectivity index (χ3v) is 2.94. The van der Waals surface area contributed by atoms with Gasteiger partial charge in [-0.25, -0.2) is 10.2 Å². The van der Waals surface area contributed by atoms with E-state index >= 15 is 0 Å². The summed E-state index contributed by atoms with van der Waals surface area (Å²) in [6.07, 6.45) is 1.47. The first-order valence-corrected chi connectivity index (χ1v) is 6.51. The molecule has 2 rings (SSSR count). The van der Waals surface area contributed by atoms with Crippen molar-refractivity contribution in [3.8, 4) is 0 Å². The predicted molar refractivity (Wildman–Crippen MR) is 82.7 cm³/mol. The average molecular weight is 308 g/mol. The zero-order chi connectivity index (χ0) is 14.4. The fourth-order valence-electron chi connectivity index (χ4n) is 1.47. The predicted octanol–water partition coefficient (Wildman–Crippen LogP) is 4.15. The fraction of sp³-hybridized carbons (Fsp3) is 0. The van der Waals surface area contributed by atoms with Gasteiger partial charge in [-0.05, 0) is 24.3 Å². The van der Waals surface area contributed by atoms with E-state index in [0.717, 1.165) is 5.56 Å². The Hall–Kier alpha value is -2.04. The molecule has 20 heavy (non-hydrogen) atoms. The summed E-state index contributed by atoms with van der Waals surface area (Å²) in [5.41, 5.74) is 3.65.